The molecule has 0 aliphatic heterocycles. The number of halogens is 2. The minimum Gasteiger partial charge on any atom is -0.339 e. The fourth-order valence-corrected chi connectivity index (χ4v) is 4.59. The van der Waals surface area contributed by atoms with Crippen LogP contribution in [0.1, 0.15) is 37.3 Å². The summed E-state index contributed by atoms with van der Waals surface area (Å²) >= 11 is 6.21. The second kappa shape index (κ2) is 12.6. The summed E-state index contributed by atoms with van der Waals surface area (Å²) in [6.07, 6.45) is 5.00. The van der Waals surface area contributed by atoms with Crippen molar-refractivity contribution in [3.63, 3.8) is 0 Å². The molecule has 2 aromatic heterocycles. The Bertz CT molecular complexity index is 1430. The van der Waals surface area contributed by atoms with Gasteiger partial charge in [0.15, 0.2) is 5.82 Å². The van der Waals surface area contributed by atoms with Gasteiger partial charge in [-0.1, -0.05) is 23.7 Å². The molecular weight excluding hydrogens is 505 g/mol. The first-order chi connectivity index (χ1) is 18.2. The zero-order valence-corrected chi connectivity index (χ0v) is 22.3. The standard InChI is InChI=1S/C28H35ClFN7O/c1-17(32)3-2-4-19-11-23(26(30)24(29)12-19)25-13-20-16-37(28(38)36-27(20)35-25)22-7-5-18(6-8-22)15-34-10-9-21(33)14-31/h5-8,11-13,16-17,21,34H,2-4,9-10,14-15,31-33H2,1H3,(H,35,36,38)/t17-,21+/m0/s1. The number of H-pyrrole nitrogens is 1. The number of aryl methyl sites for hydroxylation is 1. The quantitative estimate of drug-likeness (QED) is 0.174. The highest BCUT2D eigenvalue weighted by atomic mass is 35.5. The van der Waals surface area contributed by atoms with E-state index >= 15 is 4.39 Å². The number of rotatable bonds is 12. The molecule has 0 spiro atoms. The van der Waals surface area contributed by atoms with Crippen LogP contribution in [0.15, 0.2) is 53.5 Å². The number of benzene rings is 2. The van der Waals surface area contributed by atoms with Gasteiger partial charge in [-0.3, -0.25) is 4.57 Å². The molecule has 4 aromatic rings. The van der Waals surface area contributed by atoms with E-state index in [4.69, 9.17) is 28.8 Å². The van der Waals surface area contributed by atoms with Crippen LogP contribution in [0.25, 0.3) is 28.0 Å². The van der Waals surface area contributed by atoms with Gasteiger partial charge in [0.25, 0.3) is 0 Å². The van der Waals surface area contributed by atoms with E-state index in [2.05, 4.69) is 15.3 Å². The monoisotopic (exact) mass is 539 g/mol. The summed E-state index contributed by atoms with van der Waals surface area (Å²) in [7, 11) is 0. The molecule has 202 valence electrons. The summed E-state index contributed by atoms with van der Waals surface area (Å²) in [5.74, 6) is -0.515. The highest BCUT2D eigenvalue weighted by Crippen LogP contribution is 2.31. The minimum absolute atomic E-state index is 0.00390. The molecule has 2 heterocycles. The van der Waals surface area contributed by atoms with Crippen LogP contribution in [-0.2, 0) is 13.0 Å². The van der Waals surface area contributed by atoms with Crippen molar-refractivity contribution in [1.29, 1.82) is 0 Å². The molecule has 0 bridgehead atoms. The SMILES string of the molecule is C[C@H](N)CCCc1cc(Cl)c(F)c(-c2cc3cn(-c4ccc(CNCC[C@@H](N)CN)cc4)c(=O)nc3[nH]2)c1. The molecule has 2 aromatic carbocycles. The maximum Gasteiger partial charge on any atom is 0.354 e. The number of nitrogens with zero attached hydrogens (tertiary/aromatic N) is 2. The first kappa shape index (κ1) is 27.9. The fraction of sp³-hybridized carbons (Fsp3) is 0.357. The Balaban J connectivity index is 1.54. The van der Waals surface area contributed by atoms with Crippen molar-refractivity contribution in [3.8, 4) is 16.9 Å². The lowest BCUT2D eigenvalue weighted by Gasteiger charge is -2.10. The minimum atomic E-state index is -0.515. The van der Waals surface area contributed by atoms with E-state index in [0.717, 1.165) is 43.4 Å². The van der Waals surface area contributed by atoms with Crippen LogP contribution in [-0.4, -0.2) is 39.7 Å². The second-order valence-electron chi connectivity index (χ2n) is 9.82. The van der Waals surface area contributed by atoms with E-state index in [9.17, 15) is 4.79 Å². The van der Waals surface area contributed by atoms with Crippen LogP contribution >= 0.6 is 11.6 Å². The third kappa shape index (κ3) is 6.86. The van der Waals surface area contributed by atoms with E-state index in [1.807, 2.05) is 31.2 Å². The lowest BCUT2D eigenvalue weighted by atomic mass is 10.0. The Morgan fingerprint density at radius 1 is 1.13 bits per heavy atom. The van der Waals surface area contributed by atoms with Gasteiger partial charge in [0, 0.05) is 42.3 Å². The van der Waals surface area contributed by atoms with Crippen LogP contribution in [0, 0.1) is 5.82 Å². The van der Waals surface area contributed by atoms with Gasteiger partial charge in [0.05, 0.1) is 16.4 Å². The Labute approximate surface area is 226 Å². The molecule has 0 saturated carbocycles. The maximum atomic E-state index is 15.0. The van der Waals surface area contributed by atoms with Gasteiger partial charge in [-0.15, -0.1) is 0 Å². The van der Waals surface area contributed by atoms with Crippen molar-refractivity contribution in [2.75, 3.05) is 13.1 Å². The Morgan fingerprint density at radius 3 is 2.61 bits per heavy atom. The van der Waals surface area contributed by atoms with Gasteiger partial charge < -0.3 is 27.5 Å². The van der Waals surface area contributed by atoms with Crippen LogP contribution in [0.3, 0.4) is 0 Å². The normalized spacial score (nSPS) is 13.2. The number of hydrogen-bond donors (Lipinski definition) is 5. The highest BCUT2D eigenvalue weighted by Gasteiger charge is 2.15. The molecule has 8 nitrogen and oxygen atoms in total. The summed E-state index contributed by atoms with van der Waals surface area (Å²) in [6, 6.07) is 13.0. The average Bonchev–Trinajstić information content (AvgIpc) is 3.30. The van der Waals surface area contributed by atoms with Crippen molar-refractivity contribution >= 4 is 22.6 Å². The molecule has 38 heavy (non-hydrogen) atoms. The summed E-state index contributed by atoms with van der Waals surface area (Å²) in [5.41, 5.74) is 20.7. The largest absolute Gasteiger partial charge is 0.354 e. The predicted molar refractivity (Wildman–Crippen MR) is 152 cm³/mol. The van der Waals surface area contributed by atoms with Gasteiger partial charge >= 0.3 is 5.69 Å². The van der Waals surface area contributed by atoms with Crippen LogP contribution in [0.4, 0.5) is 4.39 Å². The van der Waals surface area contributed by atoms with E-state index < -0.39 is 11.5 Å². The average molecular weight is 540 g/mol. The van der Waals surface area contributed by atoms with Gasteiger partial charge in [0.2, 0.25) is 0 Å². The Kier molecular flexibility index (Phi) is 9.30. The molecule has 4 rings (SSSR count). The van der Waals surface area contributed by atoms with Gasteiger partial charge in [0.1, 0.15) is 5.65 Å². The van der Waals surface area contributed by atoms with Crippen LogP contribution in [0.5, 0.6) is 0 Å². The molecule has 10 heteroatoms. The van der Waals surface area contributed by atoms with E-state index in [0.29, 0.717) is 41.1 Å². The number of aromatic amines is 1. The van der Waals surface area contributed by atoms with Crippen molar-refractivity contribution in [3.05, 3.63) is 81.1 Å². The first-order valence-corrected chi connectivity index (χ1v) is 13.2. The topological polar surface area (TPSA) is 141 Å². The van der Waals surface area contributed by atoms with Crippen molar-refractivity contribution in [2.24, 2.45) is 17.2 Å². The molecule has 0 unspecified atom stereocenters. The lowest BCUT2D eigenvalue weighted by Crippen LogP contribution is -2.33. The molecule has 0 fully saturated rings. The Hall–Kier alpha value is -3.08. The molecule has 0 saturated heterocycles. The van der Waals surface area contributed by atoms with Gasteiger partial charge in [-0.05, 0) is 80.6 Å². The summed E-state index contributed by atoms with van der Waals surface area (Å²) in [6.45, 7) is 3.89. The first-order valence-electron chi connectivity index (χ1n) is 12.9. The summed E-state index contributed by atoms with van der Waals surface area (Å²) in [5, 5.41) is 4.08. The van der Waals surface area contributed by atoms with E-state index in [-0.39, 0.29) is 17.1 Å². The third-order valence-corrected chi connectivity index (χ3v) is 6.82. The number of hydrogen-bond acceptors (Lipinski definition) is 6. The fourth-order valence-electron chi connectivity index (χ4n) is 4.35. The summed E-state index contributed by atoms with van der Waals surface area (Å²) < 4.78 is 16.5. The predicted octanol–water partition coefficient (Wildman–Crippen LogP) is 3.61. The number of nitrogens with one attached hydrogen (secondary N) is 2. The van der Waals surface area contributed by atoms with E-state index in [1.54, 1.807) is 24.4 Å². The number of nitrogens with two attached hydrogens (primary N) is 3. The van der Waals surface area contributed by atoms with Crippen LogP contribution < -0.4 is 28.2 Å². The number of aromatic nitrogens is 3. The van der Waals surface area contributed by atoms with Crippen molar-refractivity contribution in [2.45, 2.75) is 51.2 Å². The second-order valence-corrected chi connectivity index (χ2v) is 10.2. The molecule has 0 aliphatic rings. The molecule has 0 amide bonds. The van der Waals surface area contributed by atoms with E-state index in [1.165, 1.54) is 4.57 Å². The third-order valence-electron chi connectivity index (χ3n) is 6.55. The zero-order valence-electron chi connectivity index (χ0n) is 21.5. The molecule has 8 N–H and O–H groups in total. The summed E-state index contributed by atoms with van der Waals surface area (Å²) in [4.78, 5) is 20.1. The smallest absolute Gasteiger partial charge is 0.339 e. The maximum absolute atomic E-state index is 15.0. The Morgan fingerprint density at radius 2 is 1.89 bits per heavy atom. The number of fused-ring (bicyclic) bond motifs is 1. The van der Waals surface area contributed by atoms with Crippen LogP contribution in [0.2, 0.25) is 5.02 Å². The molecular formula is C28H35ClFN7O. The van der Waals surface area contributed by atoms with Gasteiger partial charge in [-0.2, -0.15) is 4.98 Å². The van der Waals surface area contributed by atoms with Gasteiger partial charge in [-0.25, -0.2) is 9.18 Å². The molecule has 0 aliphatic carbocycles. The zero-order chi connectivity index (χ0) is 27.2. The highest BCUT2D eigenvalue weighted by molar-refractivity contribution is 6.31. The molecule has 2 atom stereocenters. The van der Waals surface area contributed by atoms with Crippen molar-refractivity contribution < 1.29 is 4.39 Å². The molecule has 0 radical (unpaired) electrons. The lowest BCUT2D eigenvalue weighted by molar-refractivity contribution is 0.566. The van der Waals surface area contributed by atoms with Crippen molar-refractivity contribution in [1.82, 2.24) is 19.9 Å².